The van der Waals surface area contributed by atoms with Gasteiger partial charge in [0.2, 0.25) is 5.13 Å². The van der Waals surface area contributed by atoms with E-state index in [1.165, 1.54) is 11.3 Å². The van der Waals surface area contributed by atoms with Gasteiger partial charge < -0.3 is 10.4 Å². The molecule has 1 aromatic rings. The number of carbonyl (C=O) groups is 1. The number of nitrogens with one attached hydrogen (secondary N) is 1. The first kappa shape index (κ1) is 11.9. The van der Waals surface area contributed by atoms with Crippen LogP contribution in [0.3, 0.4) is 0 Å². The fourth-order valence-corrected chi connectivity index (χ4v) is 1.68. The molecule has 0 saturated heterocycles. The number of hydrogen-bond donors (Lipinski definition) is 2. The van der Waals surface area contributed by atoms with Crippen molar-refractivity contribution in [3.8, 4) is 0 Å². The first-order valence-corrected chi connectivity index (χ1v) is 5.67. The molecule has 0 bridgehead atoms. The second kappa shape index (κ2) is 5.65. The van der Waals surface area contributed by atoms with Crippen molar-refractivity contribution in [2.75, 3.05) is 11.9 Å². The summed E-state index contributed by atoms with van der Waals surface area (Å²) in [6, 6.07) is 0. The molecule has 0 amide bonds. The maximum Gasteiger partial charge on any atom is 0.303 e. The topological polar surface area (TPSA) is 75.1 Å². The molecule has 84 valence electrons. The van der Waals surface area contributed by atoms with Crippen molar-refractivity contribution in [3.63, 3.8) is 0 Å². The Morgan fingerprint density at radius 2 is 2.27 bits per heavy atom. The zero-order valence-electron chi connectivity index (χ0n) is 8.86. The Balaban J connectivity index is 2.38. The second-order valence-electron chi connectivity index (χ2n) is 3.67. The van der Waals surface area contributed by atoms with E-state index in [9.17, 15) is 4.79 Å². The van der Waals surface area contributed by atoms with E-state index < -0.39 is 5.97 Å². The molecular formula is C9H15N3O2S. The normalized spacial score (nSPS) is 10.6. The monoisotopic (exact) mass is 229 g/mol. The van der Waals surface area contributed by atoms with Crippen molar-refractivity contribution in [1.82, 2.24) is 10.2 Å². The molecule has 0 atom stereocenters. The predicted molar refractivity (Wildman–Crippen MR) is 59.2 cm³/mol. The lowest BCUT2D eigenvalue weighted by Gasteiger charge is -2.03. The molecule has 5 nitrogen and oxygen atoms in total. The van der Waals surface area contributed by atoms with E-state index in [1.807, 2.05) is 0 Å². The lowest BCUT2D eigenvalue weighted by molar-refractivity contribution is -0.136. The number of aliphatic carboxylic acids is 1. The van der Waals surface area contributed by atoms with Crippen LogP contribution in [0, 0.1) is 5.92 Å². The van der Waals surface area contributed by atoms with Gasteiger partial charge in [-0.2, -0.15) is 0 Å². The summed E-state index contributed by atoms with van der Waals surface area (Å²) < 4.78 is 0. The van der Waals surface area contributed by atoms with Crippen LogP contribution in [0.5, 0.6) is 0 Å². The molecular weight excluding hydrogens is 214 g/mol. The highest BCUT2D eigenvalue weighted by Gasteiger charge is 2.06. The van der Waals surface area contributed by atoms with E-state index in [0.717, 1.165) is 16.7 Å². The van der Waals surface area contributed by atoms with Crippen LogP contribution in [0.1, 0.15) is 25.3 Å². The second-order valence-corrected chi connectivity index (χ2v) is 4.73. The SMILES string of the molecule is CC(C)CNc1nnc(CCC(=O)O)s1. The van der Waals surface area contributed by atoms with Gasteiger partial charge >= 0.3 is 5.97 Å². The van der Waals surface area contributed by atoms with Gasteiger partial charge in [-0.25, -0.2) is 0 Å². The summed E-state index contributed by atoms with van der Waals surface area (Å²) in [5.74, 6) is -0.252. The van der Waals surface area contributed by atoms with Crippen molar-refractivity contribution < 1.29 is 9.90 Å². The molecule has 1 rings (SSSR count). The van der Waals surface area contributed by atoms with Crippen LogP contribution in [0.15, 0.2) is 0 Å². The lowest BCUT2D eigenvalue weighted by Crippen LogP contribution is -2.07. The summed E-state index contributed by atoms with van der Waals surface area (Å²) in [6.45, 7) is 5.08. The molecule has 0 spiro atoms. The molecule has 1 aromatic heterocycles. The smallest absolute Gasteiger partial charge is 0.303 e. The van der Waals surface area contributed by atoms with Crippen molar-refractivity contribution in [3.05, 3.63) is 5.01 Å². The van der Waals surface area contributed by atoms with Crippen LogP contribution in [0.25, 0.3) is 0 Å². The largest absolute Gasteiger partial charge is 0.481 e. The predicted octanol–water partition coefficient (Wildman–Crippen LogP) is 1.62. The number of anilines is 1. The molecule has 0 saturated carbocycles. The number of aryl methyl sites for hydroxylation is 1. The van der Waals surface area contributed by atoms with Gasteiger partial charge in [0.15, 0.2) is 0 Å². The van der Waals surface area contributed by atoms with E-state index in [0.29, 0.717) is 12.3 Å². The van der Waals surface area contributed by atoms with Gasteiger partial charge in [-0.3, -0.25) is 4.79 Å². The lowest BCUT2D eigenvalue weighted by atomic mass is 10.2. The Morgan fingerprint density at radius 1 is 1.53 bits per heavy atom. The van der Waals surface area contributed by atoms with Crippen LogP contribution >= 0.6 is 11.3 Å². The fourth-order valence-electron chi connectivity index (χ4n) is 0.931. The highest BCUT2D eigenvalue weighted by molar-refractivity contribution is 7.15. The van der Waals surface area contributed by atoms with E-state index >= 15 is 0 Å². The Kier molecular flexibility index (Phi) is 4.48. The van der Waals surface area contributed by atoms with Crippen LogP contribution in [-0.4, -0.2) is 27.8 Å². The molecule has 0 radical (unpaired) electrons. The number of nitrogens with zero attached hydrogens (tertiary/aromatic N) is 2. The highest BCUT2D eigenvalue weighted by atomic mass is 32.1. The van der Waals surface area contributed by atoms with E-state index in [1.54, 1.807) is 0 Å². The van der Waals surface area contributed by atoms with Crippen molar-refractivity contribution in [2.24, 2.45) is 5.92 Å². The molecule has 2 N–H and O–H groups in total. The maximum atomic E-state index is 10.3. The molecule has 0 fully saturated rings. The summed E-state index contributed by atoms with van der Waals surface area (Å²) in [7, 11) is 0. The van der Waals surface area contributed by atoms with Crippen molar-refractivity contribution in [2.45, 2.75) is 26.7 Å². The van der Waals surface area contributed by atoms with Gasteiger partial charge in [0.1, 0.15) is 5.01 Å². The van der Waals surface area contributed by atoms with Gasteiger partial charge in [0.25, 0.3) is 0 Å². The van der Waals surface area contributed by atoms with Crippen LogP contribution in [0.4, 0.5) is 5.13 Å². The van der Waals surface area contributed by atoms with Crippen LogP contribution in [-0.2, 0) is 11.2 Å². The van der Waals surface area contributed by atoms with Crippen molar-refractivity contribution in [1.29, 1.82) is 0 Å². The molecule has 0 aromatic carbocycles. The summed E-state index contributed by atoms with van der Waals surface area (Å²) in [4.78, 5) is 10.3. The number of carboxylic acids is 1. The van der Waals surface area contributed by atoms with Gasteiger partial charge in [0, 0.05) is 13.0 Å². The quantitative estimate of drug-likeness (QED) is 0.775. The molecule has 0 aliphatic heterocycles. The van der Waals surface area contributed by atoms with Gasteiger partial charge in [-0.05, 0) is 5.92 Å². The maximum absolute atomic E-state index is 10.3. The van der Waals surface area contributed by atoms with E-state index in [-0.39, 0.29) is 6.42 Å². The zero-order chi connectivity index (χ0) is 11.3. The third kappa shape index (κ3) is 4.73. The minimum absolute atomic E-state index is 0.110. The fraction of sp³-hybridized carbons (Fsp3) is 0.667. The van der Waals surface area contributed by atoms with Crippen LogP contribution in [0.2, 0.25) is 0 Å². The third-order valence-electron chi connectivity index (χ3n) is 1.68. The van der Waals surface area contributed by atoms with Crippen molar-refractivity contribution >= 4 is 22.4 Å². The van der Waals surface area contributed by atoms with Gasteiger partial charge in [0.05, 0.1) is 6.42 Å². The summed E-state index contributed by atoms with van der Waals surface area (Å²) in [5.41, 5.74) is 0. The first-order chi connectivity index (χ1) is 7.08. The summed E-state index contributed by atoms with van der Waals surface area (Å²) >= 11 is 1.42. The number of aromatic nitrogens is 2. The van der Waals surface area contributed by atoms with E-state index in [2.05, 4.69) is 29.4 Å². The number of hydrogen-bond acceptors (Lipinski definition) is 5. The number of carboxylic acid groups (broad SMARTS) is 1. The molecule has 0 aliphatic carbocycles. The van der Waals surface area contributed by atoms with Gasteiger partial charge in [-0.15, -0.1) is 10.2 Å². The molecule has 1 heterocycles. The minimum Gasteiger partial charge on any atom is -0.481 e. The highest BCUT2D eigenvalue weighted by Crippen LogP contribution is 2.16. The van der Waals surface area contributed by atoms with Gasteiger partial charge in [-0.1, -0.05) is 25.2 Å². The average Bonchev–Trinajstić information content (AvgIpc) is 2.59. The summed E-state index contributed by atoms with van der Waals surface area (Å²) in [5, 5.41) is 21.0. The standard InChI is InChI=1S/C9H15N3O2S/c1-6(2)5-10-9-12-11-7(15-9)3-4-8(13)14/h6H,3-5H2,1-2H3,(H,10,12)(H,13,14). The average molecular weight is 229 g/mol. The zero-order valence-corrected chi connectivity index (χ0v) is 9.67. The Bertz CT molecular complexity index is 325. The molecule has 6 heteroatoms. The Morgan fingerprint density at radius 3 is 2.87 bits per heavy atom. The third-order valence-corrected chi connectivity index (χ3v) is 2.62. The Hall–Kier alpha value is -1.17. The number of rotatable bonds is 6. The van der Waals surface area contributed by atoms with E-state index in [4.69, 9.17) is 5.11 Å². The molecule has 0 unspecified atom stereocenters. The molecule has 0 aliphatic rings. The minimum atomic E-state index is -0.804. The summed E-state index contributed by atoms with van der Waals surface area (Å²) in [6.07, 6.45) is 0.565. The Labute approximate surface area is 92.5 Å². The van der Waals surface area contributed by atoms with Crippen LogP contribution < -0.4 is 5.32 Å². The molecule has 15 heavy (non-hydrogen) atoms. The first-order valence-electron chi connectivity index (χ1n) is 4.86.